The molecule has 1 amide bonds. The zero-order chi connectivity index (χ0) is 19.6. The highest BCUT2D eigenvalue weighted by Gasteiger charge is 2.11. The van der Waals surface area contributed by atoms with Gasteiger partial charge in [0.05, 0.1) is 13.2 Å². The van der Waals surface area contributed by atoms with E-state index in [-0.39, 0.29) is 5.57 Å². The Kier molecular flexibility index (Phi) is 7.45. The highest BCUT2D eigenvalue weighted by Crippen LogP contribution is 2.29. The first kappa shape index (κ1) is 20.1. The van der Waals surface area contributed by atoms with Crippen LogP contribution in [-0.2, 0) is 11.2 Å². The monoisotopic (exact) mass is 364 g/mol. The summed E-state index contributed by atoms with van der Waals surface area (Å²) in [5, 5.41) is 12.1. The molecule has 2 aromatic rings. The lowest BCUT2D eigenvalue weighted by Crippen LogP contribution is -2.13. The zero-order valence-electron chi connectivity index (χ0n) is 15.9. The van der Waals surface area contributed by atoms with Gasteiger partial charge in [0.25, 0.3) is 5.91 Å². The quantitative estimate of drug-likeness (QED) is 0.549. The zero-order valence-corrected chi connectivity index (χ0v) is 15.9. The van der Waals surface area contributed by atoms with Crippen molar-refractivity contribution >= 4 is 17.7 Å². The Labute approximate surface area is 160 Å². The van der Waals surface area contributed by atoms with Crippen molar-refractivity contribution in [2.45, 2.75) is 27.2 Å². The van der Waals surface area contributed by atoms with Crippen molar-refractivity contribution in [1.29, 1.82) is 5.26 Å². The molecule has 5 nitrogen and oxygen atoms in total. The van der Waals surface area contributed by atoms with Crippen molar-refractivity contribution < 1.29 is 14.3 Å². The van der Waals surface area contributed by atoms with E-state index in [9.17, 15) is 10.1 Å². The molecule has 1 N–H and O–H groups in total. The molecule has 27 heavy (non-hydrogen) atoms. The highest BCUT2D eigenvalue weighted by molar-refractivity contribution is 6.09. The van der Waals surface area contributed by atoms with Crippen molar-refractivity contribution in [3.8, 4) is 17.6 Å². The van der Waals surface area contributed by atoms with Gasteiger partial charge in [0.2, 0.25) is 0 Å². The second-order valence-corrected chi connectivity index (χ2v) is 5.75. The number of carbonyl (C=O) groups excluding carboxylic acids is 1. The van der Waals surface area contributed by atoms with Gasteiger partial charge in [-0.2, -0.15) is 5.26 Å². The second kappa shape index (κ2) is 10.0. The predicted octanol–water partition coefficient (Wildman–Crippen LogP) is 4.59. The molecule has 140 valence electrons. The molecular formula is C22H24N2O3. The third-order valence-electron chi connectivity index (χ3n) is 3.86. The molecule has 0 spiro atoms. The summed E-state index contributed by atoms with van der Waals surface area (Å²) in [7, 11) is 0. The fourth-order valence-corrected chi connectivity index (χ4v) is 2.49. The third kappa shape index (κ3) is 5.61. The van der Waals surface area contributed by atoms with Crippen LogP contribution in [0.3, 0.4) is 0 Å². The van der Waals surface area contributed by atoms with Crippen molar-refractivity contribution in [3.63, 3.8) is 0 Å². The Bertz CT molecular complexity index is 849. The summed E-state index contributed by atoms with van der Waals surface area (Å²) in [6, 6.07) is 14.8. The Balaban J connectivity index is 2.22. The van der Waals surface area contributed by atoms with Gasteiger partial charge in [-0.05, 0) is 61.7 Å². The lowest BCUT2D eigenvalue weighted by Gasteiger charge is -2.11. The number of nitriles is 1. The van der Waals surface area contributed by atoms with E-state index in [1.165, 1.54) is 11.6 Å². The number of anilines is 1. The number of nitrogens with one attached hydrogen (secondary N) is 1. The second-order valence-electron chi connectivity index (χ2n) is 5.75. The van der Waals surface area contributed by atoms with Gasteiger partial charge in [0, 0.05) is 5.69 Å². The number of hydrogen-bond donors (Lipinski definition) is 1. The van der Waals surface area contributed by atoms with Crippen LogP contribution in [0, 0.1) is 11.3 Å². The number of carbonyl (C=O) groups is 1. The molecule has 0 aromatic heterocycles. The van der Waals surface area contributed by atoms with E-state index in [0.717, 1.165) is 6.42 Å². The summed E-state index contributed by atoms with van der Waals surface area (Å²) in [4.78, 5) is 12.4. The number of amides is 1. The summed E-state index contributed by atoms with van der Waals surface area (Å²) < 4.78 is 11.1. The average Bonchev–Trinajstić information content (AvgIpc) is 2.68. The minimum atomic E-state index is -0.450. The minimum Gasteiger partial charge on any atom is -0.490 e. The average molecular weight is 364 g/mol. The van der Waals surface area contributed by atoms with Crippen molar-refractivity contribution in [2.24, 2.45) is 0 Å². The maximum absolute atomic E-state index is 12.4. The molecule has 5 heteroatoms. The van der Waals surface area contributed by atoms with Crippen LogP contribution in [-0.4, -0.2) is 19.1 Å². The van der Waals surface area contributed by atoms with E-state index in [1.807, 2.05) is 44.2 Å². The van der Waals surface area contributed by atoms with E-state index in [1.54, 1.807) is 18.2 Å². The molecule has 0 aliphatic carbocycles. The minimum absolute atomic E-state index is 0.0150. The molecule has 0 heterocycles. The first-order valence-electron chi connectivity index (χ1n) is 9.02. The smallest absolute Gasteiger partial charge is 0.266 e. The standard InChI is InChI=1S/C22H24N2O3/c1-4-16-7-10-19(11-8-16)24-22(25)18(15-23)13-17-9-12-20(26-5-2)21(14-17)27-6-3/h7-14H,4-6H2,1-3H3,(H,24,25)/b18-13-. The molecule has 0 fully saturated rings. The van der Waals surface area contributed by atoms with Crippen molar-refractivity contribution in [2.75, 3.05) is 18.5 Å². The Hall–Kier alpha value is -3.26. The maximum Gasteiger partial charge on any atom is 0.266 e. The first-order chi connectivity index (χ1) is 13.1. The van der Waals surface area contributed by atoms with Crippen LogP contribution in [0.2, 0.25) is 0 Å². The number of aryl methyl sites for hydroxylation is 1. The number of ether oxygens (including phenoxy) is 2. The van der Waals surface area contributed by atoms with Gasteiger partial charge >= 0.3 is 0 Å². The number of hydrogen-bond acceptors (Lipinski definition) is 4. The maximum atomic E-state index is 12.4. The van der Waals surface area contributed by atoms with Gasteiger partial charge in [-0.3, -0.25) is 4.79 Å². The molecule has 0 bridgehead atoms. The lowest BCUT2D eigenvalue weighted by molar-refractivity contribution is -0.112. The fraction of sp³-hybridized carbons (Fsp3) is 0.273. The van der Waals surface area contributed by atoms with Crippen molar-refractivity contribution in [1.82, 2.24) is 0 Å². The molecule has 0 radical (unpaired) electrons. The Morgan fingerprint density at radius 1 is 1.04 bits per heavy atom. The molecule has 0 aliphatic heterocycles. The fourth-order valence-electron chi connectivity index (χ4n) is 2.49. The summed E-state index contributed by atoms with van der Waals surface area (Å²) in [5.41, 5.74) is 2.54. The number of nitrogens with zero attached hydrogens (tertiary/aromatic N) is 1. The van der Waals surface area contributed by atoms with Gasteiger partial charge < -0.3 is 14.8 Å². The topological polar surface area (TPSA) is 71.3 Å². The highest BCUT2D eigenvalue weighted by atomic mass is 16.5. The van der Waals surface area contributed by atoms with Gasteiger partial charge in [-0.15, -0.1) is 0 Å². The molecule has 2 aromatic carbocycles. The molecule has 0 aliphatic rings. The number of rotatable bonds is 8. The molecule has 2 rings (SSSR count). The van der Waals surface area contributed by atoms with Crippen molar-refractivity contribution in [3.05, 3.63) is 59.2 Å². The van der Waals surface area contributed by atoms with Crippen LogP contribution in [0.4, 0.5) is 5.69 Å². The van der Waals surface area contributed by atoms with E-state index >= 15 is 0 Å². The van der Waals surface area contributed by atoms with E-state index in [0.29, 0.717) is 36.0 Å². The summed E-state index contributed by atoms with van der Waals surface area (Å²) >= 11 is 0. The molecule has 0 unspecified atom stereocenters. The van der Waals surface area contributed by atoms with Gasteiger partial charge in [0.1, 0.15) is 11.6 Å². The SMILES string of the molecule is CCOc1ccc(/C=C(/C#N)C(=O)Nc2ccc(CC)cc2)cc1OCC. The normalized spacial score (nSPS) is 10.8. The summed E-state index contributed by atoms with van der Waals surface area (Å²) in [5.74, 6) is 0.769. The van der Waals surface area contributed by atoms with Crippen LogP contribution in [0.25, 0.3) is 6.08 Å². The largest absolute Gasteiger partial charge is 0.490 e. The third-order valence-corrected chi connectivity index (χ3v) is 3.86. The molecule has 0 saturated heterocycles. The van der Waals surface area contributed by atoms with E-state index < -0.39 is 5.91 Å². The van der Waals surface area contributed by atoms with Crippen LogP contribution in [0.1, 0.15) is 31.9 Å². The van der Waals surface area contributed by atoms with Gasteiger partial charge in [-0.25, -0.2) is 0 Å². The van der Waals surface area contributed by atoms with E-state index in [2.05, 4.69) is 12.2 Å². The van der Waals surface area contributed by atoms with E-state index in [4.69, 9.17) is 9.47 Å². The first-order valence-corrected chi connectivity index (χ1v) is 9.02. The molecular weight excluding hydrogens is 340 g/mol. The number of benzene rings is 2. The summed E-state index contributed by atoms with van der Waals surface area (Å²) in [6.45, 7) is 6.87. The van der Waals surface area contributed by atoms with Crippen LogP contribution >= 0.6 is 0 Å². The van der Waals surface area contributed by atoms with Gasteiger partial charge in [-0.1, -0.05) is 25.1 Å². The lowest BCUT2D eigenvalue weighted by atomic mass is 10.1. The van der Waals surface area contributed by atoms with Crippen LogP contribution in [0.5, 0.6) is 11.5 Å². The Morgan fingerprint density at radius 2 is 1.70 bits per heavy atom. The van der Waals surface area contributed by atoms with Gasteiger partial charge in [0.15, 0.2) is 11.5 Å². The summed E-state index contributed by atoms with van der Waals surface area (Å²) in [6.07, 6.45) is 2.46. The Morgan fingerprint density at radius 3 is 2.30 bits per heavy atom. The van der Waals surface area contributed by atoms with Crippen LogP contribution < -0.4 is 14.8 Å². The molecule has 0 atom stereocenters. The molecule has 0 saturated carbocycles. The van der Waals surface area contributed by atoms with Crippen LogP contribution in [0.15, 0.2) is 48.0 Å². The predicted molar refractivity (Wildman–Crippen MR) is 107 cm³/mol.